The van der Waals surface area contributed by atoms with Crippen molar-refractivity contribution in [1.29, 1.82) is 0 Å². The van der Waals surface area contributed by atoms with E-state index >= 15 is 0 Å². The third-order valence-electron chi connectivity index (χ3n) is 4.10. The van der Waals surface area contributed by atoms with Crippen LogP contribution in [-0.2, 0) is 14.3 Å². The van der Waals surface area contributed by atoms with Gasteiger partial charge in [-0.15, -0.1) is 0 Å². The smallest absolute Gasteiger partial charge is 0.233 e. The fraction of sp³-hybridized carbons (Fsp3) is 0.846. The fourth-order valence-electron chi connectivity index (χ4n) is 2.73. The predicted octanol–water partition coefficient (Wildman–Crippen LogP) is -1.89. The van der Waals surface area contributed by atoms with Gasteiger partial charge in [-0.3, -0.25) is 14.5 Å². The number of hydrogen-bond acceptors (Lipinski definition) is 5. The molecule has 20 heavy (non-hydrogen) atoms. The molecule has 0 aromatic rings. The highest BCUT2D eigenvalue weighted by Gasteiger charge is 2.36. The number of amides is 2. The Bertz CT molecular complexity index is 356. The number of carbonyl (C=O) groups is 2. The van der Waals surface area contributed by atoms with Gasteiger partial charge in [-0.1, -0.05) is 0 Å². The Balaban J connectivity index is 1.81. The van der Waals surface area contributed by atoms with E-state index in [1.54, 1.807) is 7.05 Å². The van der Waals surface area contributed by atoms with Crippen LogP contribution in [0.2, 0.25) is 0 Å². The molecule has 2 atom stereocenters. The summed E-state index contributed by atoms with van der Waals surface area (Å²) < 4.78 is 5.39. The van der Waals surface area contributed by atoms with E-state index in [-0.39, 0.29) is 23.8 Å². The molecule has 0 bridgehead atoms. The molecule has 114 valence electrons. The van der Waals surface area contributed by atoms with Crippen molar-refractivity contribution >= 4 is 11.8 Å². The van der Waals surface area contributed by atoms with Crippen LogP contribution in [0.25, 0.3) is 0 Å². The zero-order chi connectivity index (χ0) is 14.5. The van der Waals surface area contributed by atoms with Gasteiger partial charge in [-0.2, -0.15) is 0 Å². The second-order valence-corrected chi connectivity index (χ2v) is 5.31. The Morgan fingerprint density at radius 1 is 1.15 bits per heavy atom. The average molecular weight is 284 g/mol. The molecule has 2 N–H and O–H groups in total. The van der Waals surface area contributed by atoms with E-state index in [0.717, 1.165) is 13.1 Å². The molecule has 0 aromatic carbocycles. The Kier molecular flexibility index (Phi) is 5.33. The van der Waals surface area contributed by atoms with Crippen molar-refractivity contribution < 1.29 is 14.3 Å². The molecule has 2 aliphatic heterocycles. The zero-order valence-electron chi connectivity index (χ0n) is 12.2. The van der Waals surface area contributed by atoms with Crippen LogP contribution in [0.3, 0.4) is 0 Å². The van der Waals surface area contributed by atoms with Crippen LogP contribution in [-0.4, -0.2) is 87.7 Å². The molecule has 2 saturated heterocycles. The molecule has 7 nitrogen and oxygen atoms in total. The number of hydrogen-bond donors (Lipinski definition) is 2. The molecule has 0 saturated carbocycles. The van der Waals surface area contributed by atoms with Crippen molar-refractivity contribution in [3.8, 4) is 0 Å². The molecule has 2 unspecified atom stereocenters. The summed E-state index contributed by atoms with van der Waals surface area (Å²) in [5.74, 6) is 0.108. The highest BCUT2D eigenvalue weighted by molar-refractivity contribution is 5.80. The number of nitrogens with zero attached hydrogens (tertiary/aromatic N) is 2. The summed E-state index contributed by atoms with van der Waals surface area (Å²) in [7, 11) is 3.50. The highest BCUT2D eigenvalue weighted by Crippen LogP contribution is 2.17. The minimum Gasteiger partial charge on any atom is -0.379 e. The van der Waals surface area contributed by atoms with E-state index in [1.807, 2.05) is 11.9 Å². The van der Waals surface area contributed by atoms with Gasteiger partial charge in [0, 0.05) is 39.3 Å². The van der Waals surface area contributed by atoms with Gasteiger partial charge >= 0.3 is 0 Å². The molecule has 2 aliphatic rings. The summed E-state index contributed by atoms with van der Waals surface area (Å²) >= 11 is 0. The normalized spacial score (nSPS) is 27.6. The molecule has 2 heterocycles. The summed E-state index contributed by atoms with van der Waals surface area (Å²) in [4.78, 5) is 27.8. The molecule has 2 rings (SSSR count). The molecule has 2 amide bonds. The van der Waals surface area contributed by atoms with Gasteiger partial charge in [0.15, 0.2) is 0 Å². The van der Waals surface area contributed by atoms with Crippen LogP contribution in [0.1, 0.15) is 0 Å². The maximum atomic E-state index is 12.5. The number of piperazine rings is 1. The monoisotopic (exact) mass is 284 g/mol. The van der Waals surface area contributed by atoms with Crippen LogP contribution < -0.4 is 10.6 Å². The maximum Gasteiger partial charge on any atom is 0.233 e. The van der Waals surface area contributed by atoms with E-state index in [0.29, 0.717) is 32.8 Å². The Hall–Kier alpha value is -1.18. The van der Waals surface area contributed by atoms with E-state index in [4.69, 9.17) is 4.74 Å². The summed E-state index contributed by atoms with van der Waals surface area (Å²) in [6.07, 6.45) is 0. The minimum absolute atomic E-state index is 0.0178. The van der Waals surface area contributed by atoms with Gasteiger partial charge in [-0.25, -0.2) is 0 Å². The van der Waals surface area contributed by atoms with Gasteiger partial charge in [0.05, 0.1) is 25.7 Å². The second-order valence-electron chi connectivity index (χ2n) is 5.31. The summed E-state index contributed by atoms with van der Waals surface area (Å²) in [6, 6.07) is 0.117. The van der Waals surface area contributed by atoms with Gasteiger partial charge in [0.1, 0.15) is 0 Å². The van der Waals surface area contributed by atoms with E-state index in [2.05, 4.69) is 15.5 Å². The molecule has 7 heteroatoms. The lowest BCUT2D eigenvalue weighted by Gasteiger charge is -2.36. The van der Waals surface area contributed by atoms with Crippen LogP contribution >= 0.6 is 0 Å². The van der Waals surface area contributed by atoms with Crippen molar-refractivity contribution in [2.24, 2.45) is 5.92 Å². The van der Waals surface area contributed by atoms with Crippen LogP contribution in [0.4, 0.5) is 0 Å². The molecule has 0 radical (unpaired) electrons. The molecular weight excluding hydrogens is 260 g/mol. The second kappa shape index (κ2) is 7.01. The average Bonchev–Trinajstić information content (AvgIpc) is 2.95. The molecule has 0 spiro atoms. The zero-order valence-corrected chi connectivity index (χ0v) is 12.2. The molecular formula is C13H24N4O3. The number of nitrogens with one attached hydrogen (secondary N) is 2. The predicted molar refractivity (Wildman–Crippen MR) is 74.2 cm³/mol. The summed E-state index contributed by atoms with van der Waals surface area (Å²) in [6.45, 7) is 4.37. The first-order valence-electron chi connectivity index (χ1n) is 7.12. The standard InChI is InChI=1S/C13H24N4O3/c1-14-11-9-20-8-10(11)13(19)17-5-3-16(4-6-17)7-12(18)15-2/h10-11,14H,3-9H2,1-2H3,(H,15,18). The lowest BCUT2D eigenvalue weighted by atomic mass is 10.0. The van der Waals surface area contributed by atoms with Crippen molar-refractivity contribution in [3.05, 3.63) is 0 Å². The van der Waals surface area contributed by atoms with Crippen LogP contribution in [0.5, 0.6) is 0 Å². The van der Waals surface area contributed by atoms with Crippen molar-refractivity contribution in [3.63, 3.8) is 0 Å². The summed E-state index contributed by atoms with van der Waals surface area (Å²) in [5, 5.41) is 5.76. The van der Waals surface area contributed by atoms with Gasteiger partial charge in [-0.05, 0) is 7.05 Å². The number of rotatable bonds is 4. The Labute approximate surface area is 119 Å². The largest absolute Gasteiger partial charge is 0.379 e. The van der Waals surface area contributed by atoms with Crippen molar-refractivity contribution in [1.82, 2.24) is 20.4 Å². The van der Waals surface area contributed by atoms with Gasteiger partial charge in [0.2, 0.25) is 11.8 Å². The molecule has 2 fully saturated rings. The van der Waals surface area contributed by atoms with Crippen molar-refractivity contribution in [2.75, 3.05) is 60.0 Å². The third kappa shape index (κ3) is 3.47. The number of ether oxygens (including phenoxy) is 1. The third-order valence-corrected chi connectivity index (χ3v) is 4.10. The molecule has 0 aliphatic carbocycles. The topological polar surface area (TPSA) is 73.9 Å². The van der Waals surface area contributed by atoms with Crippen LogP contribution in [0, 0.1) is 5.92 Å². The lowest BCUT2D eigenvalue weighted by molar-refractivity contribution is -0.138. The summed E-state index contributed by atoms with van der Waals surface area (Å²) in [5.41, 5.74) is 0. The first-order valence-corrected chi connectivity index (χ1v) is 7.12. The Morgan fingerprint density at radius 2 is 1.85 bits per heavy atom. The lowest BCUT2D eigenvalue weighted by Crippen LogP contribution is -2.54. The highest BCUT2D eigenvalue weighted by atomic mass is 16.5. The minimum atomic E-state index is -0.0782. The van der Waals surface area contributed by atoms with Gasteiger partial charge < -0.3 is 20.3 Å². The fourth-order valence-corrected chi connectivity index (χ4v) is 2.73. The van der Waals surface area contributed by atoms with Crippen molar-refractivity contribution in [2.45, 2.75) is 6.04 Å². The maximum absolute atomic E-state index is 12.5. The van der Waals surface area contributed by atoms with Crippen LogP contribution in [0.15, 0.2) is 0 Å². The number of carbonyl (C=O) groups excluding carboxylic acids is 2. The first kappa shape index (κ1) is 15.2. The SMILES string of the molecule is CNC(=O)CN1CCN(C(=O)C2COCC2NC)CC1. The first-order chi connectivity index (χ1) is 9.65. The van der Waals surface area contributed by atoms with E-state index in [9.17, 15) is 9.59 Å². The van der Waals surface area contributed by atoms with E-state index < -0.39 is 0 Å². The Morgan fingerprint density at radius 3 is 2.45 bits per heavy atom. The molecule has 0 aromatic heterocycles. The van der Waals surface area contributed by atoms with Gasteiger partial charge in [0.25, 0.3) is 0 Å². The number of likely N-dealkylation sites (N-methyl/N-ethyl adjacent to an activating group) is 2. The van der Waals surface area contributed by atoms with E-state index in [1.165, 1.54) is 0 Å². The quantitative estimate of drug-likeness (QED) is 0.631.